The number of halogens is 1. The van der Waals surface area contributed by atoms with Crippen molar-refractivity contribution >= 4 is 17.5 Å². The molecule has 0 aliphatic heterocycles. The van der Waals surface area contributed by atoms with Crippen LogP contribution in [0.15, 0.2) is 16.7 Å². The Morgan fingerprint density at radius 2 is 1.94 bits per heavy atom. The highest BCUT2D eigenvalue weighted by atomic mass is 35.5. The van der Waals surface area contributed by atoms with Crippen LogP contribution in [0.4, 0.5) is 0 Å². The molecule has 1 aromatic heterocycles. The summed E-state index contributed by atoms with van der Waals surface area (Å²) in [7, 11) is 0. The van der Waals surface area contributed by atoms with Gasteiger partial charge in [-0.2, -0.15) is 0 Å². The van der Waals surface area contributed by atoms with E-state index in [1.54, 1.807) is 0 Å². The lowest BCUT2D eigenvalue weighted by atomic mass is 10.0. The highest BCUT2D eigenvalue weighted by Gasteiger charge is 2.31. The van der Waals surface area contributed by atoms with E-state index in [0.717, 1.165) is 0 Å². The Labute approximate surface area is 96.4 Å². The molecule has 0 aromatic carbocycles. The second kappa shape index (κ2) is 5.31. The molecule has 1 heterocycles. The minimum atomic E-state index is -1.47. The van der Waals surface area contributed by atoms with Crippen LogP contribution in [0.3, 0.4) is 0 Å². The highest BCUT2D eigenvalue weighted by Crippen LogP contribution is 2.17. The van der Waals surface area contributed by atoms with Crippen LogP contribution in [0.5, 0.6) is 0 Å². The fourth-order valence-corrected chi connectivity index (χ4v) is 1.23. The van der Waals surface area contributed by atoms with Crippen molar-refractivity contribution in [1.29, 1.82) is 0 Å². The Hall–Kier alpha value is -1.08. The van der Waals surface area contributed by atoms with Gasteiger partial charge < -0.3 is 25.1 Å². The SMILES string of the molecule is O=C(NC(CO)(CO)CO)c1ccoc1Cl. The fraction of sp³-hybridized carbons (Fsp3) is 0.444. The number of carbonyl (C=O) groups is 1. The van der Waals surface area contributed by atoms with E-state index in [4.69, 9.17) is 31.3 Å². The quantitative estimate of drug-likeness (QED) is 0.557. The van der Waals surface area contributed by atoms with Gasteiger partial charge in [0.1, 0.15) is 5.54 Å². The zero-order valence-electron chi connectivity index (χ0n) is 8.31. The molecule has 0 saturated carbocycles. The summed E-state index contributed by atoms with van der Waals surface area (Å²) in [5.74, 6) is -0.643. The van der Waals surface area contributed by atoms with Crippen LogP contribution < -0.4 is 5.32 Å². The van der Waals surface area contributed by atoms with E-state index in [0.29, 0.717) is 0 Å². The number of amides is 1. The summed E-state index contributed by atoms with van der Waals surface area (Å²) in [5.41, 5.74) is -1.40. The Bertz CT molecular complexity index is 352. The van der Waals surface area contributed by atoms with Crippen LogP contribution in [-0.2, 0) is 0 Å². The van der Waals surface area contributed by atoms with Crippen molar-refractivity contribution in [2.75, 3.05) is 19.8 Å². The first-order valence-electron chi connectivity index (χ1n) is 4.46. The third-order valence-electron chi connectivity index (χ3n) is 2.15. The normalized spacial score (nSPS) is 11.5. The van der Waals surface area contributed by atoms with Crippen molar-refractivity contribution in [3.05, 3.63) is 23.1 Å². The van der Waals surface area contributed by atoms with E-state index in [9.17, 15) is 4.79 Å². The van der Waals surface area contributed by atoms with Crippen LogP contribution in [0.25, 0.3) is 0 Å². The number of furan rings is 1. The molecule has 0 saturated heterocycles. The summed E-state index contributed by atoms with van der Waals surface area (Å²) < 4.78 is 4.72. The number of aliphatic hydroxyl groups excluding tert-OH is 3. The molecule has 0 atom stereocenters. The fourth-order valence-electron chi connectivity index (χ4n) is 1.03. The summed E-state index contributed by atoms with van der Waals surface area (Å²) in [6.45, 7) is -1.79. The van der Waals surface area contributed by atoms with Crippen molar-refractivity contribution in [2.24, 2.45) is 0 Å². The number of hydrogen-bond donors (Lipinski definition) is 4. The third kappa shape index (κ3) is 2.53. The smallest absolute Gasteiger partial charge is 0.256 e. The Balaban J connectivity index is 2.81. The van der Waals surface area contributed by atoms with E-state index in [-0.39, 0.29) is 10.8 Å². The van der Waals surface area contributed by atoms with Crippen LogP contribution in [-0.4, -0.2) is 46.6 Å². The summed E-state index contributed by atoms with van der Waals surface area (Å²) >= 11 is 5.58. The molecule has 0 unspecified atom stereocenters. The molecule has 1 amide bonds. The van der Waals surface area contributed by atoms with Gasteiger partial charge in [-0.25, -0.2) is 0 Å². The number of nitrogens with one attached hydrogen (secondary N) is 1. The van der Waals surface area contributed by atoms with E-state index < -0.39 is 31.3 Å². The highest BCUT2D eigenvalue weighted by molar-refractivity contribution is 6.32. The molecule has 7 heteroatoms. The second-order valence-corrected chi connectivity index (χ2v) is 3.66. The van der Waals surface area contributed by atoms with Gasteiger partial charge >= 0.3 is 0 Å². The molecule has 0 aliphatic carbocycles. The van der Waals surface area contributed by atoms with Crippen LogP contribution in [0.1, 0.15) is 10.4 Å². The Morgan fingerprint density at radius 1 is 1.38 bits per heavy atom. The Morgan fingerprint density at radius 3 is 2.31 bits per heavy atom. The molecule has 1 rings (SSSR count). The lowest BCUT2D eigenvalue weighted by Gasteiger charge is -2.28. The molecule has 90 valence electrons. The molecule has 1 aromatic rings. The van der Waals surface area contributed by atoms with Gasteiger partial charge in [-0.3, -0.25) is 4.79 Å². The van der Waals surface area contributed by atoms with Crippen LogP contribution in [0, 0.1) is 0 Å². The van der Waals surface area contributed by atoms with Gasteiger partial charge in [-0.15, -0.1) is 0 Å². The van der Waals surface area contributed by atoms with Crippen molar-refractivity contribution in [3.8, 4) is 0 Å². The summed E-state index contributed by atoms with van der Waals surface area (Å²) in [5, 5.41) is 29.2. The number of rotatable bonds is 5. The average Bonchev–Trinajstić information content (AvgIpc) is 2.72. The molecule has 0 aliphatic rings. The monoisotopic (exact) mass is 249 g/mol. The molecule has 0 spiro atoms. The molecule has 4 N–H and O–H groups in total. The van der Waals surface area contributed by atoms with E-state index in [1.165, 1.54) is 12.3 Å². The maximum Gasteiger partial charge on any atom is 0.256 e. The van der Waals surface area contributed by atoms with Gasteiger partial charge in [-0.1, -0.05) is 0 Å². The standard InChI is InChI=1S/C9H12ClNO5/c10-7-6(1-2-16-7)8(15)11-9(3-12,4-13)5-14/h1-2,12-14H,3-5H2,(H,11,15). The Kier molecular flexibility index (Phi) is 4.31. The lowest BCUT2D eigenvalue weighted by Crippen LogP contribution is -2.57. The predicted molar refractivity (Wildman–Crippen MR) is 55.2 cm³/mol. The van der Waals surface area contributed by atoms with Crippen LogP contribution >= 0.6 is 11.6 Å². The maximum atomic E-state index is 11.6. The van der Waals surface area contributed by atoms with Crippen molar-refractivity contribution < 1.29 is 24.5 Å². The lowest BCUT2D eigenvalue weighted by molar-refractivity contribution is 0.0375. The second-order valence-electron chi connectivity index (χ2n) is 3.32. The molecular weight excluding hydrogens is 238 g/mol. The largest absolute Gasteiger partial charge is 0.452 e. The summed E-state index contributed by atoms with van der Waals surface area (Å²) in [6, 6.07) is 1.34. The zero-order valence-corrected chi connectivity index (χ0v) is 9.07. The molecule has 6 nitrogen and oxygen atoms in total. The number of carbonyl (C=O) groups excluding carboxylic acids is 1. The number of hydrogen-bond acceptors (Lipinski definition) is 5. The first-order chi connectivity index (χ1) is 7.58. The predicted octanol–water partition coefficient (Wildman–Crippen LogP) is -0.621. The van der Waals surface area contributed by atoms with Gasteiger partial charge in [-0.05, 0) is 17.7 Å². The van der Waals surface area contributed by atoms with Crippen LogP contribution in [0.2, 0.25) is 5.22 Å². The van der Waals surface area contributed by atoms with Crippen molar-refractivity contribution in [1.82, 2.24) is 5.32 Å². The molecule has 0 fully saturated rings. The van der Waals surface area contributed by atoms with Gasteiger partial charge in [0.25, 0.3) is 5.91 Å². The van der Waals surface area contributed by atoms with Crippen molar-refractivity contribution in [3.63, 3.8) is 0 Å². The third-order valence-corrected chi connectivity index (χ3v) is 2.44. The zero-order chi connectivity index (χ0) is 12.2. The van der Waals surface area contributed by atoms with Gasteiger partial charge in [0.15, 0.2) is 0 Å². The molecular formula is C9H12ClNO5. The summed E-state index contributed by atoms with van der Waals surface area (Å²) in [4.78, 5) is 11.6. The average molecular weight is 250 g/mol. The minimum Gasteiger partial charge on any atom is -0.452 e. The maximum absolute atomic E-state index is 11.6. The minimum absolute atomic E-state index is 0.0707. The van der Waals surface area contributed by atoms with Gasteiger partial charge in [0.2, 0.25) is 5.22 Å². The van der Waals surface area contributed by atoms with E-state index >= 15 is 0 Å². The molecule has 0 radical (unpaired) electrons. The first kappa shape index (κ1) is 13.0. The van der Waals surface area contributed by atoms with Gasteiger partial charge in [0.05, 0.1) is 31.6 Å². The number of aliphatic hydroxyl groups is 3. The topological polar surface area (TPSA) is 103 Å². The first-order valence-corrected chi connectivity index (χ1v) is 4.84. The van der Waals surface area contributed by atoms with Gasteiger partial charge in [0, 0.05) is 0 Å². The van der Waals surface area contributed by atoms with E-state index in [1.807, 2.05) is 0 Å². The summed E-state index contributed by atoms with van der Waals surface area (Å²) in [6.07, 6.45) is 1.23. The van der Waals surface area contributed by atoms with Crippen molar-refractivity contribution in [2.45, 2.75) is 5.54 Å². The molecule has 16 heavy (non-hydrogen) atoms. The van der Waals surface area contributed by atoms with E-state index in [2.05, 4.69) is 5.32 Å². The molecule has 0 bridgehead atoms.